The lowest BCUT2D eigenvalue weighted by Crippen LogP contribution is -2.30. The van der Waals surface area contributed by atoms with Crippen LogP contribution in [-0.4, -0.2) is 11.6 Å². The van der Waals surface area contributed by atoms with Crippen LogP contribution in [0.3, 0.4) is 0 Å². The molecule has 0 aromatic heterocycles. The first-order valence-electron chi connectivity index (χ1n) is 14.2. The van der Waals surface area contributed by atoms with Crippen LogP contribution in [0.2, 0.25) is 0 Å². The molecular formula is C39H36O2. The third-order valence-corrected chi connectivity index (χ3v) is 7.88. The molecule has 5 aromatic rings. The van der Waals surface area contributed by atoms with Gasteiger partial charge in [-0.2, -0.15) is 0 Å². The molecule has 0 aliphatic rings. The molecule has 0 radical (unpaired) electrons. The predicted molar refractivity (Wildman–Crippen MR) is 168 cm³/mol. The summed E-state index contributed by atoms with van der Waals surface area (Å²) in [5.74, 6) is -1.62. The second kappa shape index (κ2) is 12.3. The second-order valence-corrected chi connectivity index (χ2v) is 11.6. The molecule has 2 atom stereocenters. The van der Waals surface area contributed by atoms with Gasteiger partial charge in [-0.25, -0.2) is 0 Å². The topological polar surface area (TPSA) is 34.1 Å². The molecule has 0 bridgehead atoms. The first kappa shape index (κ1) is 28.0. The molecule has 0 spiro atoms. The second-order valence-electron chi connectivity index (χ2n) is 11.6. The Labute approximate surface area is 243 Å². The zero-order valence-corrected chi connectivity index (χ0v) is 23.9. The van der Waals surface area contributed by atoms with E-state index in [0.717, 1.165) is 16.7 Å². The summed E-state index contributed by atoms with van der Waals surface area (Å²) in [7, 11) is 0. The van der Waals surface area contributed by atoms with Crippen LogP contribution in [0, 0.1) is 0 Å². The van der Waals surface area contributed by atoms with E-state index in [2.05, 4.69) is 45.0 Å². The first-order valence-corrected chi connectivity index (χ1v) is 14.2. The molecule has 0 saturated carbocycles. The van der Waals surface area contributed by atoms with Gasteiger partial charge < -0.3 is 0 Å². The molecule has 0 aliphatic heterocycles. The highest BCUT2D eigenvalue weighted by Crippen LogP contribution is 2.47. The summed E-state index contributed by atoms with van der Waals surface area (Å²) in [4.78, 5) is 29.1. The summed E-state index contributed by atoms with van der Waals surface area (Å²) in [5.41, 5.74) is 5.21. The molecule has 2 heteroatoms. The molecule has 0 amide bonds. The van der Waals surface area contributed by atoms with E-state index in [-0.39, 0.29) is 17.0 Å². The SMILES string of the molecule is CC(C)(C)c1ccc(C(C(C(=O)c2ccccc2)c2ccccc2)C(C(=O)c2ccccc2)c2ccccc2)cc1. The molecule has 5 rings (SSSR count). The molecule has 0 N–H and O–H groups in total. The normalized spacial score (nSPS) is 13.6. The monoisotopic (exact) mass is 536 g/mol. The minimum Gasteiger partial charge on any atom is -0.293 e. The third-order valence-electron chi connectivity index (χ3n) is 7.88. The van der Waals surface area contributed by atoms with E-state index in [1.165, 1.54) is 5.56 Å². The van der Waals surface area contributed by atoms with Crippen LogP contribution in [0.25, 0.3) is 0 Å². The Morgan fingerprint density at radius 1 is 0.439 bits per heavy atom. The van der Waals surface area contributed by atoms with Gasteiger partial charge in [0.05, 0.1) is 11.8 Å². The number of benzene rings is 5. The van der Waals surface area contributed by atoms with Gasteiger partial charge in [0, 0.05) is 17.0 Å². The Balaban J connectivity index is 1.78. The van der Waals surface area contributed by atoms with Crippen LogP contribution >= 0.6 is 0 Å². The maximum atomic E-state index is 14.6. The number of rotatable bonds is 9. The minimum atomic E-state index is -0.586. The van der Waals surface area contributed by atoms with Gasteiger partial charge in [0.1, 0.15) is 0 Å². The molecule has 41 heavy (non-hydrogen) atoms. The fraction of sp³-hybridized carbons (Fsp3) is 0.179. The average molecular weight is 537 g/mol. The van der Waals surface area contributed by atoms with Crippen molar-refractivity contribution in [2.24, 2.45) is 0 Å². The van der Waals surface area contributed by atoms with Gasteiger partial charge in [0.25, 0.3) is 0 Å². The van der Waals surface area contributed by atoms with Gasteiger partial charge in [0.2, 0.25) is 0 Å². The lowest BCUT2D eigenvalue weighted by molar-refractivity contribution is 0.0899. The van der Waals surface area contributed by atoms with Gasteiger partial charge in [-0.3, -0.25) is 9.59 Å². The van der Waals surface area contributed by atoms with Crippen LogP contribution in [-0.2, 0) is 5.41 Å². The summed E-state index contributed by atoms with van der Waals surface area (Å²) in [6.07, 6.45) is 0. The molecule has 2 unspecified atom stereocenters. The number of carbonyl (C=O) groups is 2. The molecule has 0 heterocycles. The quantitative estimate of drug-likeness (QED) is 0.176. The van der Waals surface area contributed by atoms with Crippen molar-refractivity contribution >= 4 is 11.6 Å². The number of hydrogen-bond acceptors (Lipinski definition) is 2. The Morgan fingerprint density at radius 2 is 0.780 bits per heavy atom. The number of carbonyl (C=O) groups excluding carboxylic acids is 2. The summed E-state index contributed by atoms with van der Waals surface area (Å²) in [6, 6.07) is 47.3. The van der Waals surface area contributed by atoms with Gasteiger partial charge in [-0.05, 0) is 27.7 Å². The maximum absolute atomic E-state index is 14.6. The average Bonchev–Trinajstić information content (AvgIpc) is 3.02. The van der Waals surface area contributed by atoms with Gasteiger partial charge in [0.15, 0.2) is 11.6 Å². The standard InChI is InChI=1S/C39H36O2/c1-39(2,3)33-26-24-30(25-27-33)34(35(28-16-8-4-9-17-28)37(40)31-20-12-6-13-21-31)36(29-18-10-5-11-19-29)38(41)32-22-14-7-15-23-32/h4-27,34-36H,1-3H3. The molecule has 2 nitrogen and oxygen atoms in total. The fourth-order valence-electron chi connectivity index (χ4n) is 5.71. The van der Waals surface area contributed by atoms with E-state index < -0.39 is 17.8 Å². The lowest BCUT2D eigenvalue weighted by Gasteiger charge is -2.34. The number of Topliss-reactive ketones (excluding diaryl/α,β-unsaturated/α-hetero) is 2. The highest BCUT2D eigenvalue weighted by Gasteiger charge is 2.41. The smallest absolute Gasteiger partial charge is 0.170 e. The van der Waals surface area contributed by atoms with Crippen molar-refractivity contribution in [3.05, 3.63) is 179 Å². The highest BCUT2D eigenvalue weighted by molar-refractivity contribution is 6.05. The summed E-state index contributed by atoms with van der Waals surface area (Å²) >= 11 is 0. The van der Waals surface area contributed by atoms with Crippen molar-refractivity contribution in [3.63, 3.8) is 0 Å². The van der Waals surface area contributed by atoms with Crippen molar-refractivity contribution in [1.82, 2.24) is 0 Å². The number of ketones is 2. The van der Waals surface area contributed by atoms with Crippen LogP contribution in [0.5, 0.6) is 0 Å². The number of hydrogen-bond donors (Lipinski definition) is 0. The van der Waals surface area contributed by atoms with Crippen molar-refractivity contribution in [3.8, 4) is 0 Å². The Bertz CT molecular complexity index is 1470. The Hall–Kier alpha value is -4.56. The summed E-state index contributed by atoms with van der Waals surface area (Å²) in [5, 5.41) is 0. The minimum absolute atomic E-state index is 0.00323. The molecule has 204 valence electrons. The first-order chi connectivity index (χ1) is 19.8. The zero-order valence-electron chi connectivity index (χ0n) is 23.9. The summed E-state index contributed by atoms with van der Waals surface area (Å²) in [6.45, 7) is 6.57. The van der Waals surface area contributed by atoms with Crippen molar-refractivity contribution in [2.45, 2.75) is 43.9 Å². The Kier molecular flexibility index (Phi) is 8.40. The van der Waals surface area contributed by atoms with E-state index in [4.69, 9.17) is 0 Å². The third kappa shape index (κ3) is 6.28. The maximum Gasteiger partial charge on any atom is 0.170 e. The van der Waals surface area contributed by atoms with Crippen LogP contribution in [0.4, 0.5) is 0 Å². The van der Waals surface area contributed by atoms with E-state index >= 15 is 0 Å². The molecule has 0 aliphatic carbocycles. The molecule has 5 aromatic carbocycles. The highest BCUT2D eigenvalue weighted by atomic mass is 16.1. The fourth-order valence-corrected chi connectivity index (χ4v) is 5.71. The zero-order chi connectivity index (χ0) is 28.8. The van der Waals surface area contributed by atoms with Crippen LogP contribution in [0.1, 0.15) is 81.5 Å². The van der Waals surface area contributed by atoms with Crippen molar-refractivity contribution < 1.29 is 9.59 Å². The molecular weight excluding hydrogens is 500 g/mol. The Morgan fingerprint density at radius 3 is 1.12 bits per heavy atom. The van der Waals surface area contributed by atoms with Crippen molar-refractivity contribution in [1.29, 1.82) is 0 Å². The van der Waals surface area contributed by atoms with Gasteiger partial charge >= 0.3 is 0 Å². The lowest BCUT2D eigenvalue weighted by atomic mass is 9.66. The molecule has 0 fully saturated rings. The van der Waals surface area contributed by atoms with Gasteiger partial charge in [-0.15, -0.1) is 0 Å². The predicted octanol–water partition coefficient (Wildman–Crippen LogP) is 9.40. The molecule has 0 saturated heterocycles. The van der Waals surface area contributed by atoms with E-state index in [1.807, 2.05) is 121 Å². The van der Waals surface area contributed by atoms with E-state index in [1.54, 1.807) is 0 Å². The van der Waals surface area contributed by atoms with E-state index in [0.29, 0.717) is 11.1 Å². The largest absolute Gasteiger partial charge is 0.293 e. The van der Waals surface area contributed by atoms with E-state index in [9.17, 15) is 9.59 Å². The van der Waals surface area contributed by atoms with Crippen molar-refractivity contribution in [2.75, 3.05) is 0 Å². The van der Waals surface area contributed by atoms with Crippen LogP contribution < -0.4 is 0 Å². The van der Waals surface area contributed by atoms with Gasteiger partial charge in [-0.1, -0.05) is 166 Å². The van der Waals surface area contributed by atoms with Crippen LogP contribution in [0.15, 0.2) is 146 Å². The summed E-state index contributed by atoms with van der Waals surface area (Å²) < 4.78 is 0.